The molecule has 4 aromatic rings. The summed E-state index contributed by atoms with van der Waals surface area (Å²) in [5.41, 5.74) is 3.77. The quantitative estimate of drug-likeness (QED) is 0.511. The molecule has 1 N–H and O–H groups in total. The van der Waals surface area contributed by atoms with Gasteiger partial charge < -0.3 is 14.6 Å². The maximum atomic E-state index is 13.0. The second kappa shape index (κ2) is 8.72. The zero-order chi connectivity index (χ0) is 21.5. The molecule has 0 aliphatic carbocycles. The van der Waals surface area contributed by atoms with Gasteiger partial charge in [0, 0.05) is 49.4 Å². The van der Waals surface area contributed by atoms with Gasteiger partial charge in [-0.15, -0.1) is 12.4 Å². The Labute approximate surface area is 190 Å². The van der Waals surface area contributed by atoms with Crippen molar-refractivity contribution in [1.82, 2.24) is 24.4 Å². The van der Waals surface area contributed by atoms with Crippen LogP contribution in [-0.2, 0) is 26.6 Å². The molecule has 0 aromatic carbocycles. The first-order valence-corrected chi connectivity index (χ1v) is 10.2. The van der Waals surface area contributed by atoms with Crippen molar-refractivity contribution in [2.24, 2.45) is 7.05 Å². The molecule has 0 saturated heterocycles. The molecule has 1 aliphatic rings. The molecule has 166 valence electrons. The van der Waals surface area contributed by atoms with Crippen molar-refractivity contribution in [3.05, 3.63) is 81.9 Å². The summed E-state index contributed by atoms with van der Waals surface area (Å²) in [4.78, 5) is 21.4. The zero-order valence-corrected chi connectivity index (χ0v) is 18.5. The van der Waals surface area contributed by atoms with Crippen molar-refractivity contribution >= 4 is 23.4 Å². The fourth-order valence-corrected chi connectivity index (χ4v) is 4.03. The van der Waals surface area contributed by atoms with Gasteiger partial charge in [-0.05, 0) is 42.8 Å². The minimum atomic E-state index is -0.402. The van der Waals surface area contributed by atoms with Crippen LogP contribution in [0.15, 0.2) is 53.6 Å². The predicted octanol–water partition coefficient (Wildman–Crippen LogP) is 3.29. The Morgan fingerprint density at radius 3 is 2.84 bits per heavy atom. The number of nitrogens with zero attached hydrogens (tertiary/aromatic N) is 4. The average molecular weight is 456 g/mol. The van der Waals surface area contributed by atoms with E-state index in [-0.39, 0.29) is 24.6 Å². The number of aromatic nitrogens is 4. The average Bonchev–Trinajstić information content (AvgIpc) is 3.04. The molecular formula is C23H23ClFN5O2. The summed E-state index contributed by atoms with van der Waals surface area (Å²) in [7, 11) is 2.03. The topological polar surface area (TPSA) is 74.0 Å². The Morgan fingerprint density at radius 1 is 1.25 bits per heavy atom. The number of halogens is 2. The molecule has 0 spiro atoms. The van der Waals surface area contributed by atoms with Crippen LogP contribution >= 0.6 is 12.4 Å². The summed E-state index contributed by atoms with van der Waals surface area (Å²) in [6.45, 7) is 3.15. The van der Waals surface area contributed by atoms with Gasteiger partial charge in [-0.25, -0.2) is 9.37 Å². The third-order valence-corrected chi connectivity index (χ3v) is 5.70. The summed E-state index contributed by atoms with van der Waals surface area (Å²) < 4.78 is 22.2. The fourth-order valence-electron chi connectivity index (χ4n) is 4.03. The second-order valence-electron chi connectivity index (χ2n) is 7.84. The van der Waals surface area contributed by atoms with E-state index < -0.39 is 5.82 Å². The van der Waals surface area contributed by atoms with Gasteiger partial charge in [0.1, 0.15) is 29.6 Å². The lowest BCUT2D eigenvalue weighted by molar-refractivity contribution is 0.300. The Balaban J connectivity index is 0.00000245. The van der Waals surface area contributed by atoms with Gasteiger partial charge in [0.05, 0.1) is 11.9 Å². The maximum absolute atomic E-state index is 13.0. The van der Waals surface area contributed by atoms with E-state index in [4.69, 9.17) is 9.72 Å². The Kier molecular flexibility index (Phi) is 5.99. The van der Waals surface area contributed by atoms with Crippen LogP contribution in [0.4, 0.5) is 4.39 Å². The summed E-state index contributed by atoms with van der Waals surface area (Å²) in [6.07, 6.45) is 3.74. The molecule has 0 amide bonds. The normalized spacial score (nSPS) is 15.3. The van der Waals surface area contributed by atoms with Crippen molar-refractivity contribution in [3.63, 3.8) is 0 Å². The minimum Gasteiger partial charge on any atom is -0.487 e. The molecule has 0 bridgehead atoms. The number of hydrogen-bond acceptors (Lipinski definition) is 5. The molecule has 9 heteroatoms. The number of nitrogens with one attached hydrogen (secondary N) is 1. The maximum Gasteiger partial charge on any atom is 0.259 e. The van der Waals surface area contributed by atoms with Crippen molar-refractivity contribution in [3.8, 4) is 11.6 Å². The highest BCUT2D eigenvalue weighted by atomic mass is 35.5. The SMILES string of the molecule is CC1Cc2c(c3ccc(-n4ccc(OCc5ccc(F)cn5)cc4=O)nc3n2C)CN1.Cl. The molecule has 7 nitrogen and oxygen atoms in total. The molecule has 0 radical (unpaired) electrons. The molecule has 32 heavy (non-hydrogen) atoms. The highest BCUT2D eigenvalue weighted by molar-refractivity contribution is 5.85. The summed E-state index contributed by atoms with van der Waals surface area (Å²) >= 11 is 0. The third-order valence-electron chi connectivity index (χ3n) is 5.70. The molecule has 5 heterocycles. The van der Waals surface area contributed by atoms with Crippen molar-refractivity contribution in [2.45, 2.75) is 32.5 Å². The van der Waals surface area contributed by atoms with E-state index in [0.717, 1.165) is 30.2 Å². The van der Waals surface area contributed by atoms with E-state index >= 15 is 0 Å². The highest BCUT2D eigenvalue weighted by Crippen LogP contribution is 2.28. The van der Waals surface area contributed by atoms with Gasteiger partial charge in [0.15, 0.2) is 0 Å². The Bertz CT molecular complexity index is 1330. The molecule has 1 aliphatic heterocycles. The van der Waals surface area contributed by atoms with Gasteiger partial charge in [0.25, 0.3) is 5.56 Å². The molecule has 4 aromatic heterocycles. The van der Waals surface area contributed by atoms with Crippen molar-refractivity contribution < 1.29 is 9.13 Å². The van der Waals surface area contributed by atoms with Crippen LogP contribution < -0.4 is 15.6 Å². The third kappa shape index (κ3) is 3.99. The number of fused-ring (bicyclic) bond motifs is 3. The van der Waals surface area contributed by atoms with Crippen LogP contribution in [0.1, 0.15) is 23.9 Å². The Morgan fingerprint density at radius 2 is 2.09 bits per heavy atom. The molecule has 0 fully saturated rings. The van der Waals surface area contributed by atoms with Gasteiger partial charge >= 0.3 is 0 Å². The summed E-state index contributed by atoms with van der Waals surface area (Å²) in [5, 5.41) is 4.61. The first-order valence-electron chi connectivity index (χ1n) is 10.2. The monoisotopic (exact) mass is 455 g/mol. The van der Waals surface area contributed by atoms with E-state index in [1.165, 1.54) is 28.0 Å². The van der Waals surface area contributed by atoms with E-state index in [1.807, 2.05) is 19.2 Å². The van der Waals surface area contributed by atoms with E-state index in [0.29, 0.717) is 23.3 Å². The standard InChI is InChI=1S/C23H22FN5O2.ClH/c1-14-9-20-19(12-25-14)18-5-6-21(27-23(18)28(20)2)29-8-7-17(10-22(29)30)31-13-16-4-3-15(24)11-26-16;/h3-8,10-11,14,25H,9,12-13H2,1-2H3;1H. The smallest absolute Gasteiger partial charge is 0.259 e. The molecule has 1 unspecified atom stereocenters. The van der Waals surface area contributed by atoms with Crippen LogP contribution in [0.25, 0.3) is 16.9 Å². The predicted molar refractivity (Wildman–Crippen MR) is 122 cm³/mol. The number of hydrogen-bond donors (Lipinski definition) is 1. The van der Waals surface area contributed by atoms with Gasteiger partial charge in [-0.3, -0.25) is 14.3 Å². The van der Waals surface area contributed by atoms with Crippen molar-refractivity contribution in [2.75, 3.05) is 0 Å². The molecule has 0 saturated carbocycles. The summed E-state index contributed by atoms with van der Waals surface area (Å²) in [6, 6.07) is 10.3. The fraction of sp³-hybridized carbons (Fsp3) is 0.261. The lowest BCUT2D eigenvalue weighted by Gasteiger charge is -2.21. The van der Waals surface area contributed by atoms with Gasteiger partial charge in [-0.1, -0.05) is 0 Å². The first-order chi connectivity index (χ1) is 15.0. The van der Waals surface area contributed by atoms with E-state index in [9.17, 15) is 9.18 Å². The minimum absolute atomic E-state index is 0. The van der Waals surface area contributed by atoms with Crippen LogP contribution in [0, 0.1) is 5.82 Å². The molecular weight excluding hydrogens is 433 g/mol. The summed E-state index contributed by atoms with van der Waals surface area (Å²) in [5.74, 6) is 0.576. The number of rotatable bonds is 4. The van der Waals surface area contributed by atoms with Crippen LogP contribution in [0.3, 0.4) is 0 Å². The molecule has 1 atom stereocenters. The van der Waals surface area contributed by atoms with E-state index in [1.54, 1.807) is 18.3 Å². The van der Waals surface area contributed by atoms with Crippen molar-refractivity contribution in [1.29, 1.82) is 0 Å². The van der Waals surface area contributed by atoms with Crippen LogP contribution in [-0.4, -0.2) is 25.1 Å². The second-order valence-corrected chi connectivity index (χ2v) is 7.84. The van der Waals surface area contributed by atoms with E-state index in [2.05, 4.69) is 21.8 Å². The van der Waals surface area contributed by atoms with Crippen LogP contribution in [0.5, 0.6) is 5.75 Å². The largest absolute Gasteiger partial charge is 0.487 e. The van der Waals surface area contributed by atoms with Gasteiger partial charge in [0.2, 0.25) is 0 Å². The van der Waals surface area contributed by atoms with Crippen LogP contribution in [0.2, 0.25) is 0 Å². The number of pyridine rings is 3. The lowest BCUT2D eigenvalue weighted by atomic mass is 10.0. The lowest BCUT2D eigenvalue weighted by Crippen LogP contribution is -2.33. The number of ether oxygens (including phenoxy) is 1. The zero-order valence-electron chi connectivity index (χ0n) is 17.7. The first kappa shape index (κ1) is 22.0. The molecule has 5 rings (SSSR count). The number of aryl methyl sites for hydroxylation is 1. The van der Waals surface area contributed by atoms with Gasteiger partial charge in [-0.2, -0.15) is 0 Å². The highest BCUT2D eigenvalue weighted by Gasteiger charge is 2.22. The Hall–Kier alpha value is -3.23.